The number of methoxy groups -OCH3 is 1. The Hall–Kier alpha value is -1.56. The van der Waals surface area contributed by atoms with Gasteiger partial charge in [-0.25, -0.2) is 9.78 Å². The van der Waals surface area contributed by atoms with Crippen molar-refractivity contribution >= 4 is 17.7 Å². The lowest BCUT2D eigenvalue weighted by Crippen LogP contribution is -2.58. The van der Waals surface area contributed by atoms with Gasteiger partial charge in [0.15, 0.2) is 0 Å². The molecule has 32 heavy (non-hydrogen) atoms. The minimum Gasteiger partial charge on any atom is -0.481 e. The third kappa shape index (κ3) is 6.97. The van der Waals surface area contributed by atoms with E-state index in [1.165, 1.54) is 12.0 Å². The number of aromatic nitrogens is 1. The largest absolute Gasteiger partial charge is 0.490 e. The first-order chi connectivity index (χ1) is 15.2. The summed E-state index contributed by atoms with van der Waals surface area (Å²) in [4.78, 5) is 15.7. The molecule has 3 saturated heterocycles. The monoisotopic (exact) mass is 478 g/mol. The summed E-state index contributed by atoms with van der Waals surface area (Å²) in [5, 5.41) is 7.12. The fourth-order valence-corrected chi connectivity index (χ4v) is 5.77. The highest BCUT2D eigenvalue weighted by Gasteiger charge is 2.49. The summed E-state index contributed by atoms with van der Waals surface area (Å²) in [5.74, 6) is -0.160. The van der Waals surface area contributed by atoms with Gasteiger partial charge in [-0.1, -0.05) is 6.07 Å². The Morgan fingerprint density at radius 1 is 1.38 bits per heavy atom. The van der Waals surface area contributed by atoms with E-state index in [1.807, 2.05) is 6.07 Å². The summed E-state index contributed by atoms with van der Waals surface area (Å²) >= 11 is 2.11. The van der Waals surface area contributed by atoms with Crippen LogP contribution in [0.2, 0.25) is 0 Å². The van der Waals surface area contributed by atoms with Crippen LogP contribution in [0.15, 0.2) is 18.3 Å². The maximum absolute atomic E-state index is 10.6. The molecular weight excluding hydrogens is 449 g/mol. The number of alkyl halides is 3. The number of rotatable bonds is 6. The predicted molar refractivity (Wildman–Crippen MR) is 113 cm³/mol. The lowest BCUT2D eigenvalue weighted by atomic mass is 9.92. The Morgan fingerprint density at radius 2 is 2.06 bits per heavy atom. The first-order valence-corrected chi connectivity index (χ1v) is 11.5. The number of ether oxygens (including phenoxy) is 3. The average Bonchev–Trinajstić information content (AvgIpc) is 3.17. The van der Waals surface area contributed by atoms with Crippen molar-refractivity contribution in [3.63, 3.8) is 0 Å². The van der Waals surface area contributed by atoms with Crippen molar-refractivity contribution in [1.29, 1.82) is 0 Å². The van der Waals surface area contributed by atoms with Gasteiger partial charge in [0.05, 0.1) is 13.2 Å². The summed E-state index contributed by atoms with van der Waals surface area (Å²) in [7, 11) is 1.69. The number of halogens is 3. The summed E-state index contributed by atoms with van der Waals surface area (Å²) in [6.07, 6.45) is 0.648. The second-order valence-electron chi connectivity index (χ2n) is 8.33. The second kappa shape index (κ2) is 11.0. The molecule has 0 aromatic carbocycles. The summed E-state index contributed by atoms with van der Waals surface area (Å²) in [5.41, 5.74) is 1.18. The SMILES string of the molecule is COc1ncccc1CN1CC2(CC(OCC3CCOCC3)CS2)C1.O=C(O)C(F)(F)F. The van der Waals surface area contributed by atoms with Crippen LogP contribution in [0.5, 0.6) is 5.88 Å². The standard InChI is InChI=1S/C19H28N2O3S.C2HF3O2/c1-22-18-16(3-2-6-20-18)10-21-13-19(14-21)9-17(12-25-19)24-11-15-4-7-23-8-5-15;3-2(4,5)1(6)7/h2-3,6,15,17H,4-5,7-14H2,1H3;(H,6,7). The number of aliphatic carboxylic acids is 1. The Bertz CT molecular complexity index is 755. The highest BCUT2D eigenvalue weighted by Crippen LogP contribution is 2.46. The number of carbonyl (C=O) groups is 1. The van der Waals surface area contributed by atoms with Crippen molar-refractivity contribution in [1.82, 2.24) is 9.88 Å². The smallest absolute Gasteiger partial charge is 0.481 e. The second-order valence-corrected chi connectivity index (χ2v) is 9.82. The van der Waals surface area contributed by atoms with Crippen LogP contribution in [-0.4, -0.2) is 83.8 Å². The first-order valence-electron chi connectivity index (χ1n) is 10.5. The van der Waals surface area contributed by atoms with E-state index in [0.717, 1.165) is 63.9 Å². The lowest BCUT2D eigenvalue weighted by Gasteiger charge is -2.47. The predicted octanol–water partition coefficient (Wildman–Crippen LogP) is 3.23. The zero-order chi connectivity index (χ0) is 23.2. The molecule has 4 heterocycles. The van der Waals surface area contributed by atoms with Crippen LogP contribution in [0.4, 0.5) is 13.2 Å². The van der Waals surface area contributed by atoms with Gasteiger partial charge >= 0.3 is 12.1 Å². The molecule has 180 valence electrons. The summed E-state index contributed by atoms with van der Waals surface area (Å²) in [6, 6.07) is 4.09. The van der Waals surface area contributed by atoms with E-state index >= 15 is 0 Å². The average molecular weight is 479 g/mol. The van der Waals surface area contributed by atoms with Crippen molar-refractivity contribution in [2.24, 2.45) is 5.92 Å². The third-order valence-corrected chi connectivity index (χ3v) is 7.36. The maximum Gasteiger partial charge on any atom is 0.490 e. The van der Waals surface area contributed by atoms with Crippen LogP contribution in [0.1, 0.15) is 24.8 Å². The molecule has 4 rings (SSSR count). The van der Waals surface area contributed by atoms with Crippen molar-refractivity contribution in [2.75, 3.05) is 45.8 Å². The van der Waals surface area contributed by atoms with Gasteiger partial charge in [0.25, 0.3) is 0 Å². The molecule has 1 N–H and O–H groups in total. The fraction of sp³-hybridized carbons (Fsp3) is 0.714. The van der Waals surface area contributed by atoms with E-state index in [1.54, 1.807) is 13.3 Å². The molecule has 1 aromatic rings. The molecule has 0 radical (unpaired) electrons. The molecule has 3 aliphatic heterocycles. The summed E-state index contributed by atoms with van der Waals surface area (Å²) in [6.45, 7) is 5.95. The Kier molecular flexibility index (Phi) is 8.65. The first kappa shape index (κ1) is 25.1. The number of nitrogens with zero attached hydrogens (tertiary/aromatic N) is 2. The van der Waals surface area contributed by atoms with Gasteiger partial charge in [-0.15, -0.1) is 11.8 Å². The number of pyridine rings is 1. The number of carboxylic acids is 1. The van der Waals surface area contributed by atoms with Gasteiger partial charge in [0.2, 0.25) is 5.88 Å². The van der Waals surface area contributed by atoms with E-state index in [9.17, 15) is 13.2 Å². The zero-order valence-electron chi connectivity index (χ0n) is 18.0. The van der Waals surface area contributed by atoms with Gasteiger partial charge in [-0.05, 0) is 31.2 Å². The van der Waals surface area contributed by atoms with Gasteiger partial charge in [0.1, 0.15) is 0 Å². The van der Waals surface area contributed by atoms with E-state index in [0.29, 0.717) is 16.8 Å². The minimum atomic E-state index is -5.08. The van der Waals surface area contributed by atoms with Crippen molar-refractivity contribution in [2.45, 2.75) is 42.8 Å². The Morgan fingerprint density at radius 3 is 2.69 bits per heavy atom. The van der Waals surface area contributed by atoms with Gasteiger partial charge in [0, 0.05) is 61.7 Å². The molecule has 0 bridgehead atoms. The minimum absolute atomic E-state index is 0.412. The molecular formula is C21H29F3N2O5S. The van der Waals surface area contributed by atoms with Crippen LogP contribution in [0.25, 0.3) is 0 Å². The van der Waals surface area contributed by atoms with E-state index < -0.39 is 12.1 Å². The molecule has 0 aliphatic carbocycles. The summed E-state index contributed by atoms with van der Waals surface area (Å²) < 4.78 is 49.2. The number of carboxylic acid groups (broad SMARTS) is 1. The fourth-order valence-electron chi connectivity index (χ4n) is 4.16. The molecule has 0 amide bonds. The van der Waals surface area contributed by atoms with E-state index in [2.05, 4.69) is 27.7 Å². The Balaban J connectivity index is 0.000000360. The molecule has 1 atom stereocenters. The van der Waals surface area contributed by atoms with Crippen LogP contribution >= 0.6 is 11.8 Å². The van der Waals surface area contributed by atoms with Crippen LogP contribution in [-0.2, 0) is 20.8 Å². The number of hydrogen-bond acceptors (Lipinski definition) is 7. The normalized spacial score (nSPS) is 23.3. The van der Waals surface area contributed by atoms with Crippen molar-refractivity contribution in [3.05, 3.63) is 23.9 Å². The lowest BCUT2D eigenvalue weighted by molar-refractivity contribution is -0.192. The molecule has 1 unspecified atom stereocenters. The molecule has 1 spiro atoms. The third-order valence-electron chi connectivity index (χ3n) is 5.79. The van der Waals surface area contributed by atoms with E-state index in [4.69, 9.17) is 24.1 Å². The van der Waals surface area contributed by atoms with Crippen LogP contribution < -0.4 is 4.74 Å². The van der Waals surface area contributed by atoms with Crippen molar-refractivity contribution in [3.8, 4) is 5.88 Å². The van der Waals surface area contributed by atoms with Crippen LogP contribution in [0, 0.1) is 5.92 Å². The van der Waals surface area contributed by atoms with Crippen LogP contribution in [0.3, 0.4) is 0 Å². The van der Waals surface area contributed by atoms with Gasteiger partial charge in [-0.2, -0.15) is 13.2 Å². The maximum atomic E-state index is 10.6. The zero-order valence-corrected chi connectivity index (χ0v) is 18.8. The molecule has 7 nitrogen and oxygen atoms in total. The molecule has 11 heteroatoms. The Labute approximate surface area is 189 Å². The number of likely N-dealkylation sites (tertiary alicyclic amines) is 1. The number of hydrogen-bond donors (Lipinski definition) is 1. The highest BCUT2D eigenvalue weighted by atomic mass is 32.2. The molecule has 0 saturated carbocycles. The van der Waals surface area contributed by atoms with E-state index in [-0.39, 0.29) is 0 Å². The quantitative estimate of drug-likeness (QED) is 0.668. The van der Waals surface area contributed by atoms with Gasteiger partial charge < -0.3 is 19.3 Å². The van der Waals surface area contributed by atoms with Gasteiger partial charge in [-0.3, -0.25) is 4.90 Å². The molecule has 1 aromatic heterocycles. The molecule has 3 aliphatic rings. The number of thioether (sulfide) groups is 1. The van der Waals surface area contributed by atoms with Crippen molar-refractivity contribution < 1.29 is 37.3 Å². The molecule has 3 fully saturated rings. The topological polar surface area (TPSA) is 81.1 Å². The highest BCUT2D eigenvalue weighted by molar-refractivity contribution is 8.01.